The van der Waals surface area contributed by atoms with Crippen LogP contribution in [-0.2, 0) is 0 Å². The average Bonchev–Trinajstić information content (AvgIpc) is 2.30. The van der Waals surface area contributed by atoms with E-state index < -0.39 is 0 Å². The minimum atomic E-state index is 0.259. The Morgan fingerprint density at radius 3 is 2.62 bits per heavy atom. The molecule has 0 saturated heterocycles. The SMILES string of the molecule is CC(CC#N)N(C)CC#Cc1ccccc1. The summed E-state index contributed by atoms with van der Waals surface area (Å²) in [6.07, 6.45) is 0.545. The van der Waals surface area contributed by atoms with Crippen molar-refractivity contribution in [1.82, 2.24) is 4.90 Å². The van der Waals surface area contributed by atoms with Crippen molar-refractivity contribution < 1.29 is 0 Å². The van der Waals surface area contributed by atoms with Crippen LogP contribution in [0.15, 0.2) is 30.3 Å². The minimum Gasteiger partial charge on any atom is -0.292 e. The molecule has 0 saturated carbocycles. The second kappa shape index (κ2) is 6.67. The Hall–Kier alpha value is -1.77. The molecule has 0 aliphatic rings. The number of nitrogens with zero attached hydrogens (tertiary/aromatic N) is 2. The summed E-state index contributed by atoms with van der Waals surface area (Å²) in [5.41, 5.74) is 1.03. The molecule has 1 unspecified atom stereocenters. The molecule has 0 fully saturated rings. The Morgan fingerprint density at radius 2 is 2.00 bits per heavy atom. The van der Waals surface area contributed by atoms with Crippen LogP contribution in [0.1, 0.15) is 18.9 Å². The first-order valence-corrected chi connectivity index (χ1v) is 5.35. The highest BCUT2D eigenvalue weighted by Gasteiger charge is 2.05. The summed E-state index contributed by atoms with van der Waals surface area (Å²) in [6.45, 7) is 2.73. The lowest BCUT2D eigenvalue weighted by molar-refractivity contribution is 0.292. The van der Waals surface area contributed by atoms with Gasteiger partial charge in [-0.25, -0.2) is 0 Å². The fourth-order valence-corrected chi connectivity index (χ4v) is 1.23. The predicted octanol–water partition coefficient (Wildman–Crippen LogP) is 2.27. The van der Waals surface area contributed by atoms with Gasteiger partial charge < -0.3 is 0 Å². The molecular weight excluding hydrogens is 196 g/mol. The van der Waals surface area contributed by atoms with Crippen molar-refractivity contribution >= 4 is 0 Å². The Kier molecular flexibility index (Phi) is 5.12. The summed E-state index contributed by atoms with van der Waals surface area (Å²) in [6, 6.07) is 12.3. The van der Waals surface area contributed by atoms with Crippen molar-refractivity contribution in [3.05, 3.63) is 35.9 Å². The van der Waals surface area contributed by atoms with Crippen LogP contribution in [-0.4, -0.2) is 24.5 Å². The van der Waals surface area contributed by atoms with Crippen molar-refractivity contribution in [3.8, 4) is 17.9 Å². The lowest BCUT2D eigenvalue weighted by atomic mass is 10.2. The van der Waals surface area contributed by atoms with E-state index in [2.05, 4.69) is 22.8 Å². The number of benzene rings is 1. The van der Waals surface area contributed by atoms with Gasteiger partial charge in [-0.1, -0.05) is 30.0 Å². The van der Waals surface area contributed by atoms with Crippen LogP contribution in [0.4, 0.5) is 0 Å². The van der Waals surface area contributed by atoms with Crippen molar-refractivity contribution in [2.75, 3.05) is 13.6 Å². The zero-order chi connectivity index (χ0) is 11.8. The Bertz CT molecular complexity index is 406. The Labute approximate surface area is 97.5 Å². The largest absolute Gasteiger partial charge is 0.292 e. The van der Waals surface area contributed by atoms with Crippen LogP contribution in [0, 0.1) is 23.2 Å². The summed E-state index contributed by atoms with van der Waals surface area (Å²) < 4.78 is 0. The number of hydrogen-bond acceptors (Lipinski definition) is 2. The summed E-state index contributed by atoms with van der Waals surface area (Å²) in [4.78, 5) is 2.08. The van der Waals surface area contributed by atoms with E-state index in [0.29, 0.717) is 13.0 Å². The standard InChI is InChI=1S/C14H16N2/c1-13(10-11-15)16(2)12-6-9-14-7-4-3-5-8-14/h3-5,7-8,13H,10,12H2,1-2H3. The number of hydrogen-bond donors (Lipinski definition) is 0. The van der Waals surface area contributed by atoms with Gasteiger partial charge >= 0.3 is 0 Å². The van der Waals surface area contributed by atoms with E-state index in [1.54, 1.807) is 0 Å². The third-order valence-electron chi connectivity index (χ3n) is 2.47. The predicted molar refractivity (Wildman–Crippen MR) is 65.6 cm³/mol. The van der Waals surface area contributed by atoms with Gasteiger partial charge in [-0.05, 0) is 26.1 Å². The lowest BCUT2D eigenvalue weighted by Crippen LogP contribution is -2.28. The molecule has 0 spiro atoms. The van der Waals surface area contributed by atoms with Crippen LogP contribution in [0.2, 0.25) is 0 Å². The monoisotopic (exact) mass is 212 g/mol. The van der Waals surface area contributed by atoms with Crippen molar-refractivity contribution in [2.45, 2.75) is 19.4 Å². The van der Waals surface area contributed by atoms with Crippen molar-refractivity contribution in [1.29, 1.82) is 5.26 Å². The van der Waals surface area contributed by atoms with E-state index in [1.165, 1.54) is 0 Å². The summed E-state index contributed by atoms with van der Waals surface area (Å²) in [5, 5.41) is 8.58. The molecule has 0 heterocycles. The molecule has 1 aromatic rings. The molecule has 0 N–H and O–H groups in total. The summed E-state index contributed by atoms with van der Waals surface area (Å²) >= 11 is 0. The first-order valence-electron chi connectivity index (χ1n) is 5.35. The molecule has 1 aromatic carbocycles. The molecule has 1 rings (SSSR count). The highest BCUT2D eigenvalue weighted by molar-refractivity contribution is 5.33. The smallest absolute Gasteiger partial charge is 0.0638 e. The molecule has 16 heavy (non-hydrogen) atoms. The van der Waals surface area contributed by atoms with E-state index in [1.807, 2.05) is 44.3 Å². The van der Waals surface area contributed by atoms with Gasteiger partial charge in [0.1, 0.15) is 0 Å². The Morgan fingerprint density at radius 1 is 1.31 bits per heavy atom. The quantitative estimate of drug-likeness (QED) is 0.719. The van der Waals surface area contributed by atoms with E-state index in [-0.39, 0.29) is 6.04 Å². The maximum Gasteiger partial charge on any atom is 0.0638 e. The highest BCUT2D eigenvalue weighted by Crippen LogP contribution is 1.99. The van der Waals surface area contributed by atoms with Gasteiger partial charge in [-0.3, -0.25) is 4.90 Å². The molecule has 0 amide bonds. The third kappa shape index (κ3) is 4.17. The fraction of sp³-hybridized carbons (Fsp3) is 0.357. The fourth-order valence-electron chi connectivity index (χ4n) is 1.23. The highest BCUT2D eigenvalue weighted by atomic mass is 15.1. The average molecular weight is 212 g/mol. The lowest BCUT2D eigenvalue weighted by Gasteiger charge is -2.19. The molecule has 0 aliphatic heterocycles. The van der Waals surface area contributed by atoms with Crippen molar-refractivity contribution in [2.24, 2.45) is 0 Å². The number of rotatable bonds is 3. The van der Waals surface area contributed by atoms with Gasteiger partial charge in [0.15, 0.2) is 0 Å². The summed E-state index contributed by atoms with van der Waals surface area (Å²) in [5.74, 6) is 6.21. The van der Waals surface area contributed by atoms with Crippen LogP contribution in [0.5, 0.6) is 0 Å². The molecule has 2 heteroatoms. The van der Waals surface area contributed by atoms with Crippen molar-refractivity contribution in [3.63, 3.8) is 0 Å². The first-order chi connectivity index (χ1) is 7.74. The molecule has 1 atom stereocenters. The maximum atomic E-state index is 8.58. The minimum absolute atomic E-state index is 0.259. The first kappa shape index (κ1) is 12.3. The van der Waals surface area contributed by atoms with E-state index >= 15 is 0 Å². The van der Waals surface area contributed by atoms with Crippen LogP contribution < -0.4 is 0 Å². The molecule has 2 nitrogen and oxygen atoms in total. The third-order valence-corrected chi connectivity index (χ3v) is 2.47. The maximum absolute atomic E-state index is 8.58. The second-order valence-electron chi connectivity index (χ2n) is 3.79. The van der Waals surface area contributed by atoms with Crippen LogP contribution in [0.3, 0.4) is 0 Å². The molecule has 0 aromatic heterocycles. The van der Waals surface area contributed by atoms with Gasteiger partial charge in [-0.15, -0.1) is 0 Å². The second-order valence-corrected chi connectivity index (χ2v) is 3.79. The normalized spacial score (nSPS) is 11.4. The van der Waals surface area contributed by atoms with Crippen LogP contribution in [0.25, 0.3) is 0 Å². The van der Waals surface area contributed by atoms with Gasteiger partial charge in [-0.2, -0.15) is 5.26 Å². The zero-order valence-electron chi connectivity index (χ0n) is 9.77. The Balaban J connectivity index is 2.46. The van der Waals surface area contributed by atoms with Gasteiger partial charge in [0.2, 0.25) is 0 Å². The van der Waals surface area contributed by atoms with E-state index in [0.717, 1.165) is 5.56 Å². The molecular formula is C14H16N2. The zero-order valence-corrected chi connectivity index (χ0v) is 9.77. The molecule has 0 aliphatic carbocycles. The molecule has 82 valence electrons. The van der Waals surface area contributed by atoms with E-state index in [4.69, 9.17) is 5.26 Å². The topological polar surface area (TPSA) is 27.0 Å². The summed E-state index contributed by atoms with van der Waals surface area (Å²) in [7, 11) is 1.99. The molecule has 0 bridgehead atoms. The van der Waals surface area contributed by atoms with Gasteiger partial charge in [0, 0.05) is 11.6 Å². The molecule has 0 radical (unpaired) electrons. The number of nitriles is 1. The van der Waals surface area contributed by atoms with Crippen LogP contribution >= 0.6 is 0 Å². The van der Waals surface area contributed by atoms with Gasteiger partial charge in [0.25, 0.3) is 0 Å². The van der Waals surface area contributed by atoms with E-state index in [9.17, 15) is 0 Å². The van der Waals surface area contributed by atoms with Gasteiger partial charge in [0.05, 0.1) is 19.0 Å².